The number of aliphatic hydroxyl groups excluding tert-OH is 1. The second-order valence-electron chi connectivity index (χ2n) is 1.24. The van der Waals surface area contributed by atoms with Gasteiger partial charge in [-0.05, 0) is 12.1 Å². The Balaban J connectivity index is 0.000000490. The number of hydrogen-bond acceptors (Lipinski definition) is 2. The molecule has 0 spiro atoms. The summed E-state index contributed by atoms with van der Waals surface area (Å²) in [6.45, 7) is -0.00694. The highest BCUT2D eigenvalue weighted by molar-refractivity contribution is 4.95. The van der Waals surface area contributed by atoms with E-state index in [1.807, 2.05) is 0 Å². The van der Waals surface area contributed by atoms with E-state index in [0.29, 0.717) is 5.76 Å². The van der Waals surface area contributed by atoms with Crippen molar-refractivity contribution in [1.29, 1.82) is 0 Å². The number of aliphatic hydroxyl groups is 1. The Hall–Kier alpha value is -0.760. The molecule has 1 aromatic heterocycles. The molecule has 0 aromatic carbocycles. The van der Waals surface area contributed by atoms with Crippen LogP contribution in [0.4, 0.5) is 0 Å². The van der Waals surface area contributed by atoms with E-state index >= 15 is 0 Å². The lowest BCUT2D eigenvalue weighted by molar-refractivity contribution is 0.247. The standard InChI is InChI=1S/C5H6O2.H/c6-4-5-2-1-3-7-5;/h1-3,6H,4H2;. The van der Waals surface area contributed by atoms with Gasteiger partial charge < -0.3 is 9.52 Å². The zero-order chi connectivity index (χ0) is 5.11. The van der Waals surface area contributed by atoms with Gasteiger partial charge in [0.15, 0.2) is 0 Å². The molecule has 0 aliphatic heterocycles. The molecular formula is C5H7O2. The fourth-order valence-electron chi connectivity index (χ4n) is 0.403. The van der Waals surface area contributed by atoms with Crippen LogP contribution in [0.3, 0.4) is 0 Å². The van der Waals surface area contributed by atoms with Gasteiger partial charge in [-0.1, -0.05) is 0 Å². The van der Waals surface area contributed by atoms with Gasteiger partial charge in [-0.3, -0.25) is 0 Å². The first-order valence-corrected chi connectivity index (χ1v) is 2.06. The van der Waals surface area contributed by atoms with Gasteiger partial charge in [0.05, 0.1) is 6.26 Å². The molecule has 0 fully saturated rings. The van der Waals surface area contributed by atoms with Gasteiger partial charge in [-0.15, -0.1) is 0 Å². The van der Waals surface area contributed by atoms with Crippen molar-refractivity contribution in [2.45, 2.75) is 6.61 Å². The Bertz CT molecular complexity index is 125. The predicted octanol–water partition coefficient (Wildman–Crippen LogP) is 0.884. The zero-order valence-electron chi connectivity index (χ0n) is 4.79. The molecule has 0 unspecified atom stereocenters. The molecule has 1 N–H and O–H groups in total. The quantitative estimate of drug-likeness (QED) is 0.567. The first kappa shape index (κ1) is 4.40. The topological polar surface area (TPSA) is 33.4 Å². The highest BCUT2D eigenvalue weighted by Crippen LogP contribution is 1.96. The summed E-state index contributed by atoms with van der Waals surface area (Å²) in [6, 6.07) is 3.46. The van der Waals surface area contributed by atoms with E-state index in [2.05, 4.69) is 0 Å². The number of hydrogen-bond donors (Lipinski definition) is 1. The van der Waals surface area contributed by atoms with Crippen LogP contribution in [-0.4, -0.2) is 5.11 Å². The fraction of sp³-hybridized carbons (Fsp3) is 0.200. The minimum atomic E-state index is -0.00694. The van der Waals surface area contributed by atoms with Crippen LogP contribution < -0.4 is 0 Å². The Morgan fingerprint density at radius 3 is 3.00 bits per heavy atom. The smallest absolute Gasteiger partial charge is 0.129 e. The van der Waals surface area contributed by atoms with Gasteiger partial charge in [-0.25, -0.2) is 0 Å². The van der Waals surface area contributed by atoms with Crippen molar-refractivity contribution in [2.75, 3.05) is 0 Å². The molecule has 0 saturated heterocycles. The number of rotatable bonds is 1. The van der Waals surface area contributed by atoms with Crippen LogP contribution >= 0.6 is 0 Å². The molecule has 1 aromatic rings. The summed E-state index contributed by atoms with van der Waals surface area (Å²) in [5.41, 5.74) is 0. The Morgan fingerprint density at radius 2 is 2.71 bits per heavy atom. The highest BCUT2D eigenvalue weighted by Gasteiger charge is 1.85. The summed E-state index contributed by atoms with van der Waals surface area (Å²) in [7, 11) is 0. The average Bonchev–Trinajstić information content (AvgIpc) is 2.14. The highest BCUT2D eigenvalue weighted by atomic mass is 16.4. The third-order valence-electron chi connectivity index (χ3n) is 0.736. The first-order valence-electron chi connectivity index (χ1n) is 2.06. The lowest BCUT2D eigenvalue weighted by atomic mass is 10.5. The molecule has 0 amide bonds. The summed E-state index contributed by atoms with van der Waals surface area (Å²) < 4.78 is 4.73. The molecule has 0 saturated carbocycles. The molecule has 2 nitrogen and oxygen atoms in total. The molecule has 0 bridgehead atoms. The SMILES string of the molecule is OCc1ccco1.[H]. The van der Waals surface area contributed by atoms with Gasteiger partial charge in [0.1, 0.15) is 12.4 Å². The predicted molar refractivity (Wildman–Crippen MR) is 25.7 cm³/mol. The Labute approximate surface area is 42.9 Å². The minimum Gasteiger partial charge on any atom is -0.467 e. The van der Waals surface area contributed by atoms with Crippen molar-refractivity contribution in [1.82, 2.24) is 0 Å². The Morgan fingerprint density at radius 1 is 1.86 bits per heavy atom. The largest absolute Gasteiger partial charge is 0.467 e. The normalized spacial score (nSPS) is 9.29. The molecule has 1 radical (unpaired) electrons. The second-order valence-corrected chi connectivity index (χ2v) is 1.24. The minimum absolute atomic E-state index is 0. The molecular weight excluding hydrogens is 92.1 g/mol. The van der Waals surface area contributed by atoms with E-state index in [0.717, 1.165) is 0 Å². The first-order chi connectivity index (χ1) is 3.43. The Kier molecular flexibility index (Phi) is 1.13. The van der Waals surface area contributed by atoms with E-state index < -0.39 is 0 Å². The van der Waals surface area contributed by atoms with Crippen LogP contribution in [0.2, 0.25) is 0 Å². The molecule has 1 heterocycles. The third kappa shape index (κ3) is 0.810. The maximum atomic E-state index is 8.33. The zero-order valence-corrected chi connectivity index (χ0v) is 3.79. The van der Waals surface area contributed by atoms with Gasteiger partial charge >= 0.3 is 0 Å². The van der Waals surface area contributed by atoms with Crippen LogP contribution in [0.25, 0.3) is 0 Å². The van der Waals surface area contributed by atoms with Gasteiger partial charge in [0.2, 0.25) is 0 Å². The van der Waals surface area contributed by atoms with Crippen LogP contribution in [0.5, 0.6) is 0 Å². The molecule has 39 valence electrons. The molecule has 7 heavy (non-hydrogen) atoms. The monoisotopic (exact) mass is 99.0 g/mol. The van der Waals surface area contributed by atoms with Crippen molar-refractivity contribution >= 4 is 0 Å². The summed E-state index contributed by atoms with van der Waals surface area (Å²) >= 11 is 0. The fourth-order valence-corrected chi connectivity index (χ4v) is 0.403. The van der Waals surface area contributed by atoms with Gasteiger partial charge in [0, 0.05) is 1.43 Å². The van der Waals surface area contributed by atoms with Crippen molar-refractivity contribution in [3.05, 3.63) is 24.2 Å². The molecule has 0 aliphatic carbocycles. The summed E-state index contributed by atoms with van der Waals surface area (Å²) in [6.07, 6.45) is 1.53. The summed E-state index contributed by atoms with van der Waals surface area (Å²) in [4.78, 5) is 0. The van der Waals surface area contributed by atoms with E-state index in [9.17, 15) is 0 Å². The molecule has 2 heteroatoms. The maximum absolute atomic E-state index is 8.33. The average molecular weight is 99.1 g/mol. The van der Waals surface area contributed by atoms with Crippen molar-refractivity contribution in [3.8, 4) is 0 Å². The van der Waals surface area contributed by atoms with Crippen molar-refractivity contribution in [3.63, 3.8) is 0 Å². The van der Waals surface area contributed by atoms with Crippen LogP contribution in [0.15, 0.2) is 22.8 Å². The molecule has 0 aliphatic rings. The summed E-state index contributed by atoms with van der Waals surface area (Å²) in [5, 5.41) is 8.33. The molecule has 1 rings (SSSR count). The van der Waals surface area contributed by atoms with E-state index in [1.54, 1.807) is 12.1 Å². The van der Waals surface area contributed by atoms with Crippen LogP contribution in [-0.2, 0) is 6.61 Å². The van der Waals surface area contributed by atoms with Crippen molar-refractivity contribution < 1.29 is 11.0 Å². The summed E-state index contributed by atoms with van der Waals surface area (Å²) in [5.74, 6) is 0.611. The maximum Gasteiger partial charge on any atom is 0.129 e. The van der Waals surface area contributed by atoms with Crippen molar-refractivity contribution in [2.24, 2.45) is 0 Å². The molecule has 0 atom stereocenters. The van der Waals surface area contributed by atoms with Gasteiger partial charge in [0.25, 0.3) is 0 Å². The van der Waals surface area contributed by atoms with Crippen LogP contribution in [0, 0.1) is 0 Å². The lowest BCUT2D eigenvalue weighted by Gasteiger charge is -1.79. The van der Waals surface area contributed by atoms with E-state index in [4.69, 9.17) is 9.52 Å². The number of furan rings is 1. The lowest BCUT2D eigenvalue weighted by Crippen LogP contribution is -1.72. The van der Waals surface area contributed by atoms with E-state index in [-0.39, 0.29) is 8.03 Å². The van der Waals surface area contributed by atoms with Gasteiger partial charge in [-0.2, -0.15) is 0 Å². The third-order valence-corrected chi connectivity index (χ3v) is 0.736. The van der Waals surface area contributed by atoms with E-state index in [1.165, 1.54) is 6.26 Å². The second kappa shape index (κ2) is 1.80. The van der Waals surface area contributed by atoms with Crippen LogP contribution in [0.1, 0.15) is 7.19 Å².